The zero-order valence-corrected chi connectivity index (χ0v) is 18.7. The van der Waals surface area contributed by atoms with Crippen molar-refractivity contribution < 1.29 is 9.59 Å². The number of aryl methyl sites for hydroxylation is 1. The molecule has 1 unspecified atom stereocenters. The minimum atomic E-state index is -0.485. The van der Waals surface area contributed by atoms with Crippen molar-refractivity contribution in [1.29, 1.82) is 0 Å². The summed E-state index contributed by atoms with van der Waals surface area (Å²) < 4.78 is 2.12. The lowest BCUT2D eigenvalue weighted by Crippen LogP contribution is -2.27. The van der Waals surface area contributed by atoms with Crippen LogP contribution in [0.1, 0.15) is 43.6 Å². The highest BCUT2D eigenvalue weighted by Crippen LogP contribution is 2.31. The van der Waals surface area contributed by atoms with Crippen LogP contribution in [0.4, 0.5) is 11.4 Å². The molecule has 164 valence electrons. The number of amides is 1. The summed E-state index contributed by atoms with van der Waals surface area (Å²) in [4.78, 5) is 28.1. The number of carbonyl (C=O) groups is 2. The molecule has 1 aliphatic rings. The molecule has 0 saturated heterocycles. The van der Waals surface area contributed by atoms with Crippen LogP contribution in [0.15, 0.2) is 91.1 Å². The SMILES string of the molecule is Cc1ccccc1C(=O)N(C)c1ccc(C(=O)C2Nc3ccccc3Cn3cccc32)cc1. The third-order valence-corrected chi connectivity index (χ3v) is 6.30. The molecule has 33 heavy (non-hydrogen) atoms. The number of hydrogen-bond donors (Lipinski definition) is 1. The van der Waals surface area contributed by atoms with Gasteiger partial charge in [-0.1, -0.05) is 36.4 Å². The molecule has 5 rings (SSSR count). The first-order valence-electron chi connectivity index (χ1n) is 11.0. The number of aromatic nitrogens is 1. The van der Waals surface area contributed by atoms with Gasteiger partial charge >= 0.3 is 0 Å². The van der Waals surface area contributed by atoms with E-state index in [-0.39, 0.29) is 11.7 Å². The molecule has 5 nitrogen and oxygen atoms in total. The largest absolute Gasteiger partial charge is 0.370 e. The van der Waals surface area contributed by atoms with Gasteiger partial charge in [-0.3, -0.25) is 9.59 Å². The van der Waals surface area contributed by atoms with E-state index >= 15 is 0 Å². The van der Waals surface area contributed by atoms with Crippen molar-refractivity contribution in [3.8, 4) is 0 Å². The van der Waals surface area contributed by atoms with Crippen LogP contribution in [0.3, 0.4) is 0 Å². The van der Waals surface area contributed by atoms with Crippen LogP contribution in [-0.4, -0.2) is 23.3 Å². The van der Waals surface area contributed by atoms with E-state index in [1.807, 2.05) is 79.9 Å². The van der Waals surface area contributed by atoms with Gasteiger partial charge < -0.3 is 14.8 Å². The average molecular weight is 436 g/mol. The van der Waals surface area contributed by atoms with Gasteiger partial charge in [0.1, 0.15) is 6.04 Å². The number of ketones is 1. The van der Waals surface area contributed by atoms with Gasteiger partial charge in [-0.15, -0.1) is 0 Å². The van der Waals surface area contributed by atoms with Crippen molar-refractivity contribution in [1.82, 2.24) is 4.57 Å². The molecule has 0 fully saturated rings. The van der Waals surface area contributed by atoms with Crippen molar-refractivity contribution >= 4 is 23.1 Å². The molecule has 0 saturated carbocycles. The molecule has 0 bridgehead atoms. The molecular weight excluding hydrogens is 410 g/mol. The standard InChI is InChI=1S/C28H25N3O2/c1-19-8-3-5-10-23(19)28(33)30(2)22-15-13-20(14-16-22)27(32)26-25-12-7-17-31(25)18-21-9-4-6-11-24(21)29-26/h3-17,26,29H,18H2,1-2H3. The minimum absolute atomic E-state index is 0.00825. The molecule has 1 aromatic heterocycles. The topological polar surface area (TPSA) is 54.3 Å². The number of nitrogens with one attached hydrogen (secondary N) is 1. The zero-order chi connectivity index (χ0) is 22.9. The number of benzene rings is 3. The van der Waals surface area contributed by atoms with Gasteiger partial charge in [-0.05, 0) is 66.6 Å². The minimum Gasteiger partial charge on any atom is -0.370 e. The van der Waals surface area contributed by atoms with Gasteiger partial charge in [0.2, 0.25) is 0 Å². The number of rotatable bonds is 4. The van der Waals surface area contributed by atoms with Crippen molar-refractivity contribution in [2.45, 2.75) is 19.5 Å². The van der Waals surface area contributed by atoms with E-state index in [0.29, 0.717) is 11.1 Å². The lowest BCUT2D eigenvalue weighted by Gasteiger charge is -2.20. The molecule has 5 heteroatoms. The normalized spacial score (nSPS) is 14.4. The summed E-state index contributed by atoms with van der Waals surface area (Å²) >= 11 is 0. The summed E-state index contributed by atoms with van der Waals surface area (Å²) in [5, 5.41) is 3.45. The van der Waals surface area contributed by atoms with Crippen LogP contribution in [0.25, 0.3) is 0 Å². The number of hydrogen-bond acceptors (Lipinski definition) is 3. The Kier molecular flexibility index (Phi) is 5.31. The fourth-order valence-corrected chi connectivity index (χ4v) is 4.37. The summed E-state index contributed by atoms with van der Waals surface area (Å²) in [6, 6.07) is 26.3. The fraction of sp³-hybridized carbons (Fsp3) is 0.143. The van der Waals surface area contributed by atoms with Crippen molar-refractivity contribution in [2.75, 3.05) is 17.3 Å². The highest BCUT2D eigenvalue weighted by atomic mass is 16.2. The molecule has 0 radical (unpaired) electrons. The quantitative estimate of drug-likeness (QED) is 0.433. The van der Waals surface area contributed by atoms with E-state index in [1.54, 1.807) is 24.1 Å². The molecule has 1 aliphatic heterocycles. The lowest BCUT2D eigenvalue weighted by atomic mass is 10.0. The highest BCUT2D eigenvalue weighted by Gasteiger charge is 2.28. The van der Waals surface area contributed by atoms with E-state index in [9.17, 15) is 9.59 Å². The maximum atomic E-state index is 13.5. The summed E-state index contributed by atoms with van der Waals surface area (Å²) in [5.74, 6) is -0.0851. The summed E-state index contributed by atoms with van der Waals surface area (Å²) in [5.41, 5.74) is 6.00. The van der Waals surface area contributed by atoms with Gasteiger partial charge in [-0.2, -0.15) is 0 Å². The third kappa shape index (κ3) is 3.82. The number of carbonyl (C=O) groups excluding carboxylic acids is 2. The zero-order valence-electron chi connectivity index (χ0n) is 18.7. The van der Waals surface area contributed by atoms with Crippen LogP contribution in [0.5, 0.6) is 0 Å². The predicted molar refractivity (Wildman–Crippen MR) is 131 cm³/mol. The molecular formula is C28H25N3O2. The number of para-hydroxylation sites is 1. The van der Waals surface area contributed by atoms with Gasteiger partial charge in [0.05, 0.1) is 0 Å². The third-order valence-electron chi connectivity index (χ3n) is 6.30. The molecule has 1 atom stereocenters. The number of fused-ring (bicyclic) bond motifs is 2. The molecule has 1 N–H and O–H groups in total. The first kappa shape index (κ1) is 20.8. The Bertz CT molecular complexity index is 1340. The molecule has 1 amide bonds. The molecule has 0 aliphatic carbocycles. The summed E-state index contributed by atoms with van der Waals surface area (Å²) in [6.07, 6.45) is 2.01. The van der Waals surface area contributed by atoms with Crippen LogP contribution >= 0.6 is 0 Å². The van der Waals surface area contributed by atoms with Crippen molar-refractivity contribution in [3.05, 3.63) is 119 Å². The predicted octanol–water partition coefficient (Wildman–Crippen LogP) is 5.47. The second-order valence-electron chi connectivity index (χ2n) is 8.39. The van der Waals surface area contributed by atoms with Gasteiger partial charge in [0, 0.05) is 48.0 Å². The van der Waals surface area contributed by atoms with Crippen LogP contribution < -0.4 is 10.2 Å². The summed E-state index contributed by atoms with van der Waals surface area (Å²) in [7, 11) is 1.75. The Morgan fingerprint density at radius 1 is 0.909 bits per heavy atom. The Hall–Kier alpha value is -4.12. The van der Waals surface area contributed by atoms with Gasteiger partial charge in [-0.25, -0.2) is 0 Å². The Morgan fingerprint density at radius 2 is 1.64 bits per heavy atom. The maximum absolute atomic E-state index is 13.5. The fourth-order valence-electron chi connectivity index (χ4n) is 4.37. The van der Waals surface area contributed by atoms with E-state index in [4.69, 9.17) is 0 Å². The van der Waals surface area contributed by atoms with Crippen LogP contribution in [0.2, 0.25) is 0 Å². The molecule has 4 aromatic rings. The van der Waals surface area contributed by atoms with Gasteiger partial charge in [0.15, 0.2) is 5.78 Å². The Balaban J connectivity index is 1.41. The second kappa shape index (κ2) is 8.43. The first-order valence-corrected chi connectivity index (χ1v) is 11.0. The van der Waals surface area contributed by atoms with E-state index in [1.165, 1.54) is 0 Å². The summed E-state index contributed by atoms with van der Waals surface area (Å²) in [6.45, 7) is 2.65. The van der Waals surface area contributed by atoms with Crippen LogP contribution in [-0.2, 0) is 6.54 Å². The van der Waals surface area contributed by atoms with E-state index in [2.05, 4.69) is 16.0 Å². The molecule has 3 aromatic carbocycles. The monoisotopic (exact) mass is 435 g/mol. The number of Topliss-reactive ketones (excluding diaryl/α,β-unsaturated/α-hetero) is 1. The van der Waals surface area contributed by atoms with Crippen molar-refractivity contribution in [3.63, 3.8) is 0 Å². The number of nitrogens with zero attached hydrogens (tertiary/aromatic N) is 2. The molecule has 0 spiro atoms. The Labute approximate surface area is 193 Å². The molecule has 2 heterocycles. The first-order chi connectivity index (χ1) is 16.0. The van der Waals surface area contributed by atoms with Crippen LogP contribution in [0, 0.1) is 6.92 Å². The van der Waals surface area contributed by atoms with E-state index in [0.717, 1.165) is 34.7 Å². The number of anilines is 2. The lowest BCUT2D eigenvalue weighted by molar-refractivity contribution is 0.0966. The second-order valence-corrected chi connectivity index (χ2v) is 8.39. The van der Waals surface area contributed by atoms with E-state index < -0.39 is 6.04 Å². The van der Waals surface area contributed by atoms with Crippen molar-refractivity contribution in [2.24, 2.45) is 0 Å². The highest BCUT2D eigenvalue weighted by molar-refractivity contribution is 6.07. The average Bonchev–Trinajstić information content (AvgIpc) is 3.24. The maximum Gasteiger partial charge on any atom is 0.258 e. The smallest absolute Gasteiger partial charge is 0.258 e. The van der Waals surface area contributed by atoms with Gasteiger partial charge in [0.25, 0.3) is 5.91 Å². The Morgan fingerprint density at radius 3 is 2.42 bits per heavy atom.